The molecule has 0 N–H and O–H groups in total. The molecule has 0 amide bonds. The lowest BCUT2D eigenvalue weighted by Gasteiger charge is -2.29. The highest BCUT2D eigenvalue weighted by Gasteiger charge is 2.25. The van der Waals surface area contributed by atoms with E-state index >= 15 is 0 Å². The lowest BCUT2D eigenvalue weighted by atomic mass is 9.80. The van der Waals surface area contributed by atoms with Gasteiger partial charge in [0.2, 0.25) is 0 Å². The largest absolute Gasteiger partial charge is 0.456 e. The zero-order valence-electron chi connectivity index (χ0n) is 34.0. The van der Waals surface area contributed by atoms with Gasteiger partial charge >= 0.3 is 0 Å². The van der Waals surface area contributed by atoms with Crippen LogP contribution in [0.15, 0.2) is 205 Å². The van der Waals surface area contributed by atoms with E-state index in [0.29, 0.717) is 5.92 Å². The molecule has 0 aliphatic heterocycles. The molecule has 11 aromatic rings. The summed E-state index contributed by atoms with van der Waals surface area (Å²) in [6, 6.07) is 73.2. The van der Waals surface area contributed by atoms with Crippen molar-refractivity contribution >= 4 is 71.6 Å². The van der Waals surface area contributed by atoms with E-state index in [4.69, 9.17) is 4.42 Å². The van der Waals surface area contributed by atoms with Crippen molar-refractivity contribution in [2.45, 2.75) is 38.0 Å². The molecule has 2 heterocycles. The Balaban J connectivity index is 1.05. The summed E-state index contributed by atoms with van der Waals surface area (Å²) in [6.07, 6.45) is 6.45. The predicted octanol–water partition coefficient (Wildman–Crippen LogP) is 16.7. The number of hydrogen-bond acceptors (Lipinski definition) is 2. The molecule has 0 unspecified atom stereocenters. The Morgan fingerprint density at radius 3 is 1.97 bits per heavy atom. The Kier molecular flexibility index (Phi) is 8.59. The summed E-state index contributed by atoms with van der Waals surface area (Å²) in [4.78, 5) is 2.46. The van der Waals surface area contributed by atoms with Gasteiger partial charge < -0.3 is 13.9 Å². The molecule has 0 spiro atoms. The van der Waals surface area contributed by atoms with E-state index in [1.165, 1.54) is 92.5 Å². The molecule has 1 aliphatic rings. The highest BCUT2D eigenvalue weighted by molar-refractivity contribution is 6.15. The number of hydrogen-bond donors (Lipinski definition) is 0. The number of benzene rings is 9. The summed E-state index contributed by atoms with van der Waals surface area (Å²) >= 11 is 0. The van der Waals surface area contributed by atoms with Crippen LogP contribution >= 0.6 is 0 Å². The van der Waals surface area contributed by atoms with E-state index in [-0.39, 0.29) is 0 Å². The fourth-order valence-electron chi connectivity index (χ4n) is 10.4. The van der Waals surface area contributed by atoms with E-state index in [2.05, 4.69) is 210 Å². The Hall–Kier alpha value is -7.36. The minimum absolute atomic E-state index is 0.577. The van der Waals surface area contributed by atoms with Crippen LogP contribution in [0.2, 0.25) is 0 Å². The lowest BCUT2D eigenvalue weighted by Crippen LogP contribution is -2.12. The monoisotopic (exact) mass is 784 g/mol. The first-order valence-electron chi connectivity index (χ1n) is 21.8. The molecule has 3 heteroatoms. The fraction of sp³-hybridized carbons (Fsp3) is 0.103. The van der Waals surface area contributed by atoms with E-state index in [9.17, 15) is 0 Å². The van der Waals surface area contributed by atoms with Crippen LogP contribution in [0.1, 0.15) is 43.6 Å². The van der Waals surface area contributed by atoms with Gasteiger partial charge in [0.1, 0.15) is 11.2 Å². The van der Waals surface area contributed by atoms with Crippen molar-refractivity contribution in [2.75, 3.05) is 4.90 Å². The molecular formula is C58H44N2O. The van der Waals surface area contributed by atoms with Crippen molar-refractivity contribution in [3.63, 3.8) is 0 Å². The molecule has 0 saturated heterocycles. The summed E-state index contributed by atoms with van der Waals surface area (Å²) in [5, 5.41) is 7.42. The van der Waals surface area contributed by atoms with Crippen molar-refractivity contribution in [1.82, 2.24) is 4.57 Å². The highest BCUT2D eigenvalue weighted by Crippen LogP contribution is 2.48. The first-order chi connectivity index (χ1) is 30.3. The van der Waals surface area contributed by atoms with Crippen LogP contribution in [-0.2, 0) is 0 Å². The summed E-state index contributed by atoms with van der Waals surface area (Å²) < 4.78 is 8.91. The molecular weight excluding hydrogens is 741 g/mol. The minimum Gasteiger partial charge on any atom is -0.456 e. The standard InChI is InChI=1S/C58H44N2O/c1-3-16-40(17-4-1)45-25-13-18-41-19-14-26-49(57(41)45)47-23-8-11-28-52(47)59(53-29-15-31-56-58(53)50-24-9-12-30-55(50)61-56)44-35-32-39(33-36-44)42-34-37-48-46-22-7-10-27-51(46)60(54(48)38-42)43-20-5-2-6-21-43/h2,5-15,18-38,40H,1,3-4,16-17H2. The van der Waals surface area contributed by atoms with Crippen LogP contribution in [0.4, 0.5) is 17.1 Å². The highest BCUT2D eigenvalue weighted by atomic mass is 16.3. The maximum absolute atomic E-state index is 6.52. The average molecular weight is 785 g/mol. The van der Waals surface area contributed by atoms with Gasteiger partial charge in [0.25, 0.3) is 0 Å². The first kappa shape index (κ1) is 35.6. The zero-order chi connectivity index (χ0) is 40.3. The summed E-state index contributed by atoms with van der Waals surface area (Å²) in [6.45, 7) is 0. The number of para-hydroxylation sites is 4. The minimum atomic E-state index is 0.577. The van der Waals surface area contributed by atoms with Crippen LogP contribution in [0.25, 0.3) is 82.5 Å². The zero-order valence-corrected chi connectivity index (χ0v) is 34.0. The molecule has 292 valence electrons. The van der Waals surface area contributed by atoms with Gasteiger partial charge in [-0.3, -0.25) is 0 Å². The molecule has 9 aromatic carbocycles. The quantitative estimate of drug-likeness (QED) is 0.161. The number of anilines is 3. The Labute approximate surface area is 355 Å². The number of furan rings is 1. The topological polar surface area (TPSA) is 21.3 Å². The second kappa shape index (κ2) is 14.7. The molecule has 1 aliphatic carbocycles. The van der Waals surface area contributed by atoms with Crippen LogP contribution in [-0.4, -0.2) is 4.57 Å². The molecule has 0 radical (unpaired) electrons. The summed E-state index contributed by atoms with van der Waals surface area (Å²) in [5.41, 5.74) is 15.0. The molecule has 61 heavy (non-hydrogen) atoms. The fourth-order valence-corrected chi connectivity index (χ4v) is 10.4. The lowest BCUT2D eigenvalue weighted by molar-refractivity contribution is 0.445. The van der Waals surface area contributed by atoms with Gasteiger partial charge in [0.15, 0.2) is 0 Å². The molecule has 0 bridgehead atoms. The van der Waals surface area contributed by atoms with Crippen molar-refractivity contribution in [1.29, 1.82) is 0 Å². The predicted molar refractivity (Wildman–Crippen MR) is 257 cm³/mol. The Morgan fingerprint density at radius 2 is 1.10 bits per heavy atom. The number of fused-ring (bicyclic) bond motifs is 7. The van der Waals surface area contributed by atoms with Gasteiger partial charge in [-0.25, -0.2) is 0 Å². The van der Waals surface area contributed by atoms with E-state index in [1.807, 2.05) is 0 Å². The molecule has 12 rings (SSSR count). The third kappa shape index (κ3) is 5.95. The molecule has 1 saturated carbocycles. The van der Waals surface area contributed by atoms with Gasteiger partial charge in [-0.1, -0.05) is 159 Å². The van der Waals surface area contributed by atoms with Crippen molar-refractivity contribution in [3.05, 3.63) is 206 Å². The third-order valence-corrected chi connectivity index (χ3v) is 13.2. The van der Waals surface area contributed by atoms with E-state index in [1.54, 1.807) is 0 Å². The summed E-state index contributed by atoms with van der Waals surface area (Å²) in [5.74, 6) is 0.577. The van der Waals surface area contributed by atoms with Gasteiger partial charge in [0.05, 0.1) is 27.8 Å². The average Bonchev–Trinajstić information content (AvgIpc) is 3.88. The van der Waals surface area contributed by atoms with E-state index < -0.39 is 0 Å². The normalized spacial score (nSPS) is 13.5. The molecule has 0 atom stereocenters. The number of nitrogens with zero attached hydrogens (tertiary/aromatic N) is 2. The second-order valence-electron chi connectivity index (χ2n) is 16.7. The van der Waals surface area contributed by atoms with Crippen molar-refractivity contribution < 1.29 is 4.42 Å². The first-order valence-corrected chi connectivity index (χ1v) is 21.8. The van der Waals surface area contributed by atoms with Crippen LogP contribution in [0.5, 0.6) is 0 Å². The Morgan fingerprint density at radius 1 is 0.443 bits per heavy atom. The van der Waals surface area contributed by atoms with Crippen molar-refractivity contribution in [2.24, 2.45) is 0 Å². The van der Waals surface area contributed by atoms with E-state index in [0.717, 1.165) is 44.7 Å². The number of rotatable bonds is 7. The number of aromatic nitrogens is 1. The second-order valence-corrected chi connectivity index (χ2v) is 16.7. The molecule has 3 nitrogen and oxygen atoms in total. The van der Waals surface area contributed by atoms with Crippen molar-refractivity contribution in [3.8, 4) is 27.9 Å². The molecule has 1 fully saturated rings. The SMILES string of the molecule is c1ccc(-n2c3ccccc3c3ccc(-c4ccc(N(c5ccccc5-c5cccc6cccc(C7CCCCC7)c56)c5cccc6oc7ccccc7c56)cc4)cc32)cc1. The van der Waals surface area contributed by atoms with Crippen LogP contribution in [0, 0.1) is 0 Å². The summed E-state index contributed by atoms with van der Waals surface area (Å²) in [7, 11) is 0. The van der Waals surface area contributed by atoms with Gasteiger partial charge in [0, 0.05) is 33.1 Å². The third-order valence-electron chi connectivity index (χ3n) is 13.2. The van der Waals surface area contributed by atoms with Gasteiger partial charge in [-0.2, -0.15) is 0 Å². The maximum Gasteiger partial charge on any atom is 0.137 e. The smallest absolute Gasteiger partial charge is 0.137 e. The van der Waals surface area contributed by atoms with Gasteiger partial charge in [-0.15, -0.1) is 0 Å². The molecule has 2 aromatic heterocycles. The van der Waals surface area contributed by atoms with Crippen LogP contribution in [0.3, 0.4) is 0 Å². The maximum atomic E-state index is 6.52. The van der Waals surface area contributed by atoms with Gasteiger partial charge in [-0.05, 0) is 112 Å². The van der Waals surface area contributed by atoms with Crippen LogP contribution < -0.4 is 4.90 Å². The Bertz CT molecular complexity index is 3400.